The van der Waals surface area contributed by atoms with Crippen molar-refractivity contribution < 1.29 is 4.74 Å². The Balaban J connectivity index is 1.27. The minimum Gasteiger partial charge on any atom is -0.371 e. The van der Waals surface area contributed by atoms with Crippen LogP contribution in [0, 0.1) is 6.92 Å². The lowest BCUT2D eigenvalue weighted by molar-refractivity contribution is -0.0983. The molecule has 148 valence electrons. The zero-order valence-electron chi connectivity index (χ0n) is 16.9. The van der Waals surface area contributed by atoms with Gasteiger partial charge in [-0.1, -0.05) is 48.6 Å². The highest BCUT2D eigenvalue weighted by Gasteiger charge is 2.42. The van der Waals surface area contributed by atoms with Crippen LogP contribution in [0.25, 0.3) is 6.08 Å². The number of nitrogens with zero attached hydrogens (tertiary/aromatic N) is 3. The van der Waals surface area contributed by atoms with Gasteiger partial charge in [-0.15, -0.1) is 0 Å². The molecular formula is C24H31N3O. The molecule has 0 aliphatic carbocycles. The van der Waals surface area contributed by atoms with E-state index < -0.39 is 0 Å². The molecule has 2 saturated heterocycles. The average Bonchev–Trinajstić information content (AvgIpc) is 3.09. The first kappa shape index (κ1) is 19.3. The standard InChI is InChI=1S/C24H31N3O/c1-21-7-5-11-23(25-21)12-15-27-16-13-24(20-27)19-26(17-18-28-24)14-6-10-22-8-3-2-4-9-22/h2-11H,12-20H2,1H3. The lowest BCUT2D eigenvalue weighted by Gasteiger charge is -2.40. The van der Waals surface area contributed by atoms with Crippen LogP contribution in [-0.4, -0.2) is 66.3 Å². The van der Waals surface area contributed by atoms with Crippen molar-refractivity contribution in [3.05, 3.63) is 71.6 Å². The van der Waals surface area contributed by atoms with Crippen LogP contribution in [0.4, 0.5) is 0 Å². The van der Waals surface area contributed by atoms with Gasteiger partial charge < -0.3 is 4.74 Å². The molecular weight excluding hydrogens is 346 g/mol. The minimum absolute atomic E-state index is 0.0128. The Labute approximate surface area is 168 Å². The maximum atomic E-state index is 6.30. The van der Waals surface area contributed by atoms with Crippen LogP contribution in [0.2, 0.25) is 0 Å². The summed E-state index contributed by atoms with van der Waals surface area (Å²) < 4.78 is 6.30. The van der Waals surface area contributed by atoms with Gasteiger partial charge in [0.15, 0.2) is 0 Å². The van der Waals surface area contributed by atoms with Gasteiger partial charge in [-0.25, -0.2) is 0 Å². The molecule has 28 heavy (non-hydrogen) atoms. The average molecular weight is 378 g/mol. The summed E-state index contributed by atoms with van der Waals surface area (Å²) in [5.41, 5.74) is 3.57. The second-order valence-electron chi connectivity index (χ2n) is 8.13. The third-order valence-electron chi connectivity index (χ3n) is 5.83. The number of aryl methyl sites for hydroxylation is 1. The summed E-state index contributed by atoms with van der Waals surface area (Å²) >= 11 is 0. The Hall–Kier alpha value is -2.01. The molecule has 2 aliphatic heterocycles. The third kappa shape index (κ3) is 5.07. The van der Waals surface area contributed by atoms with Gasteiger partial charge in [0.25, 0.3) is 0 Å². The molecule has 0 N–H and O–H groups in total. The van der Waals surface area contributed by atoms with Crippen LogP contribution in [0.15, 0.2) is 54.6 Å². The number of hydrogen-bond donors (Lipinski definition) is 0. The van der Waals surface area contributed by atoms with Crippen molar-refractivity contribution in [3.8, 4) is 0 Å². The van der Waals surface area contributed by atoms with E-state index in [-0.39, 0.29) is 5.60 Å². The Morgan fingerprint density at radius 3 is 2.75 bits per heavy atom. The van der Waals surface area contributed by atoms with Crippen molar-refractivity contribution in [2.24, 2.45) is 0 Å². The van der Waals surface area contributed by atoms with E-state index in [4.69, 9.17) is 4.74 Å². The summed E-state index contributed by atoms with van der Waals surface area (Å²) in [5, 5.41) is 0. The van der Waals surface area contributed by atoms with Crippen LogP contribution in [0.5, 0.6) is 0 Å². The number of likely N-dealkylation sites (tertiary alicyclic amines) is 1. The molecule has 2 aromatic rings. The Kier molecular flexibility index (Phi) is 6.20. The van der Waals surface area contributed by atoms with E-state index in [1.54, 1.807) is 0 Å². The number of ether oxygens (including phenoxy) is 1. The van der Waals surface area contributed by atoms with E-state index in [9.17, 15) is 0 Å². The number of hydrogen-bond acceptors (Lipinski definition) is 4. The largest absolute Gasteiger partial charge is 0.371 e. The van der Waals surface area contributed by atoms with Crippen molar-refractivity contribution >= 4 is 6.08 Å². The summed E-state index contributed by atoms with van der Waals surface area (Å²) in [6.07, 6.45) is 6.65. The van der Waals surface area contributed by atoms with Gasteiger partial charge in [0.2, 0.25) is 0 Å². The fourth-order valence-electron chi connectivity index (χ4n) is 4.36. The first-order chi connectivity index (χ1) is 13.7. The molecule has 0 bridgehead atoms. The molecule has 1 unspecified atom stereocenters. The maximum Gasteiger partial charge on any atom is 0.0947 e. The molecule has 4 rings (SSSR count). The van der Waals surface area contributed by atoms with E-state index in [2.05, 4.69) is 82.4 Å². The molecule has 3 heterocycles. The van der Waals surface area contributed by atoms with E-state index in [1.165, 1.54) is 11.3 Å². The van der Waals surface area contributed by atoms with E-state index in [0.717, 1.165) is 64.4 Å². The monoisotopic (exact) mass is 377 g/mol. The zero-order chi connectivity index (χ0) is 19.2. The van der Waals surface area contributed by atoms with Gasteiger partial charge in [0.05, 0.1) is 12.2 Å². The summed E-state index contributed by atoms with van der Waals surface area (Å²) in [5.74, 6) is 0. The predicted molar refractivity (Wildman–Crippen MR) is 114 cm³/mol. The molecule has 1 aromatic carbocycles. The lowest BCUT2D eigenvalue weighted by atomic mass is 10.0. The van der Waals surface area contributed by atoms with Gasteiger partial charge in [-0.05, 0) is 31.0 Å². The zero-order valence-corrected chi connectivity index (χ0v) is 16.9. The number of aromatic nitrogens is 1. The molecule has 2 fully saturated rings. The molecule has 0 amide bonds. The first-order valence-electron chi connectivity index (χ1n) is 10.4. The van der Waals surface area contributed by atoms with Crippen molar-refractivity contribution in [2.45, 2.75) is 25.4 Å². The van der Waals surface area contributed by atoms with Crippen LogP contribution in [0.3, 0.4) is 0 Å². The van der Waals surface area contributed by atoms with Gasteiger partial charge in [-0.3, -0.25) is 14.8 Å². The molecule has 4 heteroatoms. The highest BCUT2D eigenvalue weighted by molar-refractivity contribution is 5.48. The highest BCUT2D eigenvalue weighted by atomic mass is 16.5. The van der Waals surface area contributed by atoms with Gasteiger partial charge in [0.1, 0.15) is 0 Å². The van der Waals surface area contributed by atoms with Crippen LogP contribution < -0.4 is 0 Å². The van der Waals surface area contributed by atoms with Crippen LogP contribution in [-0.2, 0) is 11.2 Å². The molecule has 2 aliphatic rings. The second kappa shape index (κ2) is 8.99. The summed E-state index contributed by atoms with van der Waals surface area (Å²) in [6.45, 7) is 9.18. The minimum atomic E-state index is 0.0128. The fraction of sp³-hybridized carbons (Fsp3) is 0.458. The van der Waals surface area contributed by atoms with E-state index in [0.29, 0.717) is 0 Å². The van der Waals surface area contributed by atoms with E-state index >= 15 is 0 Å². The molecule has 0 radical (unpaired) electrons. The maximum absolute atomic E-state index is 6.30. The molecule has 1 spiro atoms. The first-order valence-corrected chi connectivity index (χ1v) is 10.4. The smallest absolute Gasteiger partial charge is 0.0947 e. The van der Waals surface area contributed by atoms with Crippen LogP contribution in [0.1, 0.15) is 23.4 Å². The molecule has 1 atom stereocenters. The van der Waals surface area contributed by atoms with Gasteiger partial charge in [-0.2, -0.15) is 0 Å². The fourth-order valence-corrected chi connectivity index (χ4v) is 4.36. The number of rotatable bonds is 6. The number of benzene rings is 1. The lowest BCUT2D eigenvalue weighted by Crippen LogP contribution is -2.53. The topological polar surface area (TPSA) is 28.6 Å². The predicted octanol–water partition coefficient (Wildman–Crippen LogP) is 3.42. The quantitative estimate of drug-likeness (QED) is 0.771. The van der Waals surface area contributed by atoms with Gasteiger partial charge in [0, 0.05) is 57.1 Å². The molecule has 4 nitrogen and oxygen atoms in total. The molecule has 1 aromatic heterocycles. The second-order valence-corrected chi connectivity index (χ2v) is 8.13. The summed E-state index contributed by atoms with van der Waals surface area (Å²) in [7, 11) is 0. The number of pyridine rings is 1. The van der Waals surface area contributed by atoms with Gasteiger partial charge >= 0.3 is 0 Å². The number of morpholine rings is 1. The Morgan fingerprint density at radius 2 is 1.89 bits per heavy atom. The van der Waals surface area contributed by atoms with Crippen molar-refractivity contribution in [1.82, 2.24) is 14.8 Å². The Morgan fingerprint density at radius 1 is 1.04 bits per heavy atom. The SMILES string of the molecule is Cc1cccc(CCN2CCC3(CN(CC=Cc4ccccc4)CCO3)C2)n1. The third-order valence-corrected chi connectivity index (χ3v) is 5.83. The normalized spacial score (nSPS) is 23.8. The highest BCUT2D eigenvalue weighted by Crippen LogP contribution is 2.29. The Bertz CT molecular complexity index is 791. The van der Waals surface area contributed by atoms with Crippen molar-refractivity contribution in [3.63, 3.8) is 0 Å². The molecule has 0 saturated carbocycles. The van der Waals surface area contributed by atoms with Crippen molar-refractivity contribution in [1.29, 1.82) is 0 Å². The van der Waals surface area contributed by atoms with Crippen molar-refractivity contribution in [2.75, 3.05) is 45.9 Å². The van der Waals surface area contributed by atoms with Crippen LogP contribution >= 0.6 is 0 Å². The van der Waals surface area contributed by atoms with E-state index in [1.807, 2.05) is 0 Å². The summed E-state index contributed by atoms with van der Waals surface area (Å²) in [6, 6.07) is 16.8. The summed E-state index contributed by atoms with van der Waals surface area (Å²) in [4.78, 5) is 9.72.